The van der Waals surface area contributed by atoms with Crippen LogP contribution in [-0.2, 0) is 11.2 Å². The third-order valence-electron chi connectivity index (χ3n) is 3.70. The van der Waals surface area contributed by atoms with E-state index in [0.29, 0.717) is 18.6 Å². The number of aryl methyl sites for hydroxylation is 1. The maximum Gasteiger partial charge on any atom is 0.337 e. The van der Waals surface area contributed by atoms with Crippen LogP contribution < -0.4 is 4.74 Å². The van der Waals surface area contributed by atoms with E-state index in [1.165, 1.54) is 7.11 Å². The minimum atomic E-state index is -0.375. The van der Waals surface area contributed by atoms with Crippen molar-refractivity contribution in [1.29, 1.82) is 0 Å². The van der Waals surface area contributed by atoms with E-state index in [2.05, 4.69) is 0 Å². The third-order valence-corrected chi connectivity index (χ3v) is 3.70. The molecule has 4 nitrogen and oxygen atoms in total. The van der Waals surface area contributed by atoms with Crippen molar-refractivity contribution < 1.29 is 19.4 Å². The van der Waals surface area contributed by atoms with Crippen LogP contribution in [-0.4, -0.2) is 24.8 Å². The number of carbonyl (C=O) groups is 1. The zero-order valence-electron chi connectivity index (χ0n) is 12.0. The molecule has 108 valence electrons. The largest absolute Gasteiger partial charge is 0.508 e. The van der Waals surface area contributed by atoms with Gasteiger partial charge in [-0.15, -0.1) is 0 Å². The SMILES string of the molecule is COC(=O)c1ccc2c(c1)-c1c(C)cc(O)cc1CCO2. The Balaban J connectivity index is 2.25. The average Bonchev–Trinajstić information content (AvgIpc) is 2.64. The molecular weight excluding hydrogens is 268 g/mol. The Morgan fingerprint density at radius 1 is 1.29 bits per heavy atom. The molecule has 0 aliphatic carbocycles. The number of benzene rings is 2. The summed E-state index contributed by atoms with van der Waals surface area (Å²) >= 11 is 0. The summed E-state index contributed by atoms with van der Waals surface area (Å²) in [7, 11) is 1.36. The highest BCUT2D eigenvalue weighted by Crippen LogP contribution is 2.39. The lowest BCUT2D eigenvalue weighted by Crippen LogP contribution is -2.02. The van der Waals surface area contributed by atoms with Crippen molar-refractivity contribution in [1.82, 2.24) is 0 Å². The number of fused-ring (bicyclic) bond motifs is 3. The van der Waals surface area contributed by atoms with Gasteiger partial charge in [-0.3, -0.25) is 0 Å². The predicted octanol–water partition coefficient (Wildman–Crippen LogP) is 3.09. The lowest BCUT2D eigenvalue weighted by Gasteiger charge is -2.13. The molecule has 2 aromatic rings. The molecule has 0 amide bonds. The highest BCUT2D eigenvalue weighted by molar-refractivity contribution is 5.92. The van der Waals surface area contributed by atoms with E-state index in [1.807, 2.05) is 6.92 Å². The van der Waals surface area contributed by atoms with E-state index in [9.17, 15) is 9.90 Å². The van der Waals surface area contributed by atoms with E-state index in [0.717, 1.165) is 28.0 Å². The van der Waals surface area contributed by atoms with Crippen LogP contribution in [0.5, 0.6) is 11.5 Å². The summed E-state index contributed by atoms with van der Waals surface area (Å²) in [5.41, 5.74) is 4.35. The molecular formula is C17H16O4. The number of ether oxygens (including phenoxy) is 2. The standard InChI is InChI=1S/C17H16O4/c1-10-7-13(18)8-11-5-6-21-15-4-3-12(17(19)20-2)9-14(15)16(10)11/h3-4,7-9,18H,5-6H2,1-2H3. The van der Waals surface area contributed by atoms with Crippen molar-refractivity contribution in [2.45, 2.75) is 13.3 Å². The molecule has 0 fully saturated rings. The maximum atomic E-state index is 11.7. The van der Waals surface area contributed by atoms with Crippen LogP contribution in [0.4, 0.5) is 0 Å². The highest BCUT2D eigenvalue weighted by atomic mass is 16.5. The zero-order chi connectivity index (χ0) is 15.0. The number of methoxy groups -OCH3 is 1. The van der Waals surface area contributed by atoms with Gasteiger partial charge in [0.2, 0.25) is 0 Å². The number of phenolic OH excluding ortho intramolecular Hbond substituents is 1. The molecule has 21 heavy (non-hydrogen) atoms. The number of hydrogen-bond acceptors (Lipinski definition) is 4. The summed E-state index contributed by atoms with van der Waals surface area (Å²) in [5, 5.41) is 9.77. The van der Waals surface area contributed by atoms with E-state index in [1.54, 1.807) is 30.3 Å². The summed E-state index contributed by atoms with van der Waals surface area (Å²) in [6, 6.07) is 8.76. The van der Waals surface area contributed by atoms with Crippen LogP contribution in [0.3, 0.4) is 0 Å². The number of carbonyl (C=O) groups excluding carboxylic acids is 1. The second kappa shape index (κ2) is 5.13. The lowest BCUT2D eigenvalue weighted by molar-refractivity contribution is 0.0600. The van der Waals surface area contributed by atoms with E-state index >= 15 is 0 Å². The molecule has 3 rings (SSSR count). The smallest absolute Gasteiger partial charge is 0.337 e. The molecule has 0 radical (unpaired) electrons. The van der Waals surface area contributed by atoms with Gasteiger partial charge >= 0.3 is 5.97 Å². The van der Waals surface area contributed by atoms with Gasteiger partial charge in [0.15, 0.2) is 0 Å². The summed E-state index contributed by atoms with van der Waals surface area (Å²) in [4.78, 5) is 11.7. The van der Waals surface area contributed by atoms with Gasteiger partial charge in [0.05, 0.1) is 19.3 Å². The number of rotatable bonds is 1. The van der Waals surface area contributed by atoms with Crippen LogP contribution in [0.15, 0.2) is 30.3 Å². The molecule has 0 saturated heterocycles. The normalized spacial score (nSPS) is 12.7. The average molecular weight is 284 g/mol. The topological polar surface area (TPSA) is 55.8 Å². The first-order valence-electron chi connectivity index (χ1n) is 6.78. The second-order valence-corrected chi connectivity index (χ2v) is 5.10. The molecule has 0 spiro atoms. The van der Waals surface area contributed by atoms with Gasteiger partial charge in [0.1, 0.15) is 11.5 Å². The number of phenols is 1. The van der Waals surface area contributed by atoms with Crippen LogP contribution in [0.25, 0.3) is 11.1 Å². The quantitative estimate of drug-likeness (QED) is 0.818. The minimum absolute atomic E-state index is 0.249. The fourth-order valence-electron chi connectivity index (χ4n) is 2.79. The Morgan fingerprint density at radius 2 is 2.10 bits per heavy atom. The van der Waals surface area contributed by atoms with Gasteiger partial charge in [-0.05, 0) is 53.9 Å². The predicted molar refractivity (Wildman–Crippen MR) is 78.8 cm³/mol. The maximum absolute atomic E-state index is 11.7. The Bertz CT molecular complexity index is 719. The molecule has 1 N–H and O–H groups in total. The Hall–Kier alpha value is -2.49. The third kappa shape index (κ3) is 2.33. The molecule has 0 atom stereocenters. The highest BCUT2D eigenvalue weighted by Gasteiger charge is 2.20. The Kier molecular flexibility index (Phi) is 3.29. The fourth-order valence-corrected chi connectivity index (χ4v) is 2.79. The second-order valence-electron chi connectivity index (χ2n) is 5.10. The van der Waals surface area contributed by atoms with Crippen molar-refractivity contribution in [3.8, 4) is 22.6 Å². The molecule has 0 aromatic heterocycles. The summed E-state index contributed by atoms with van der Waals surface area (Å²) < 4.78 is 10.5. The first kappa shape index (κ1) is 13.5. The van der Waals surface area contributed by atoms with Crippen molar-refractivity contribution in [2.75, 3.05) is 13.7 Å². The van der Waals surface area contributed by atoms with Gasteiger partial charge in [-0.2, -0.15) is 0 Å². The first-order valence-corrected chi connectivity index (χ1v) is 6.78. The van der Waals surface area contributed by atoms with Crippen molar-refractivity contribution in [3.05, 3.63) is 47.0 Å². The molecule has 1 aliphatic heterocycles. The molecule has 0 bridgehead atoms. The van der Waals surface area contributed by atoms with Gasteiger partial charge < -0.3 is 14.6 Å². The zero-order valence-corrected chi connectivity index (χ0v) is 12.0. The monoisotopic (exact) mass is 284 g/mol. The molecule has 0 unspecified atom stereocenters. The Labute approximate surface area is 122 Å². The van der Waals surface area contributed by atoms with Crippen LogP contribution in [0.2, 0.25) is 0 Å². The van der Waals surface area contributed by atoms with Gasteiger partial charge in [0.25, 0.3) is 0 Å². The molecule has 4 heteroatoms. The fraction of sp³-hybridized carbons (Fsp3) is 0.235. The van der Waals surface area contributed by atoms with Crippen LogP contribution >= 0.6 is 0 Å². The van der Waals surface area contributed by atoms with Gasteiger partial charge in [-0.25, -0.2) is 4.79 Å². The minimum Gasteiger partial charge on any atom is -0.508 e. The number of aromatic hydroxyl groups is 1. The summed E-state index contributed by atoms with van der Waals surface area (Å²) in [6.07, 6.45) is 0.715. The van der Waals surface area contributed by atoms with Gasteiger partial charge in [-0.1, -0.05) is 0 Å². The molecule has 1 heterocycles. The molecule has 2 aromatic carbocycles. The number of esters is 1. The summed E-state index contributed by atoms with van der Waals surface area (Å²) in [6.45, 7) is 2.49. The van der Waals surface area contributed by atoms with Crippen molar-refractivity contribution in [2.24, 2.45) is 0 Å². The van der Waals surface area contributed by atoms with E-state index in [-0.39, 0.29) is 11.7 Å². The summed E-state index contributed by atoms with van der Waals surface area (Å²) in [5.74, 6) is 0.619. The molecule has 0 saturated carbocycles. The van der Waals surface area contributed by atoms with Gasteiger partial charge in [0, 0.05) is 12.0 Å². The first-order chi connectivity index (χ1) is 10.1. The van der Waals surface area contributed by atoms with Crippen molar-refractivity contribution >= 4 is 5.97 Å². The van der Waals surface area contributed by atoms with E-state index < -0.39 is 0 Å². The lowest BCUT2D eigenvalue weighted by atomic mass is 9.92. The van der Waals surface area contributed by atoms with E-state index in [4.69, 9.17) is 9.47 Å². The van der Waals surface area contributed by atoms with Crippen LogP contribution in [0.1, 0.15) is 21.5 Å². The van der Waals surface area contributed by atoms with Crippen LogP contribution in [0, 0.1) is 6.92 Å². The Morgan fingerprint density at radius 3 is 2.86 bits per heavy atom. The van der Waals surface area contributed by atoms with Crippen molar-refractivity contribution in [3.63, 3.8) is 0 Å². The number of hydrogen-bond donors (Lipinski definition) is 1. The molecule has 1 aliphatic rings.